The summed E-state index contributed by atoms with van der Waals surface area (Å²) in [6, 6.07) is 8.43. The zero-order chi connectivity index (χ0) is 18.1. The van der Waals surface area contributed by atoms with Crippen LogP contribution in [0.15, 0.2) is 29.3 Å². The molecule has 3 unspecified atom stereocenters. The van der Waals surface area contributed by atoms with Crippen LogP contribution in [0.1, 0.15) is 45.1 Å². The average Bonchev–Trinajstić information content (AvgIpc) is 2.65. The van der Waals surface area contributed by atoms with E-state index in [4.69, 9.17) is 4.74 Å². The number of nitrogens with one attached hydrogen (secondary N) is 2. The van der Waals surface area contributed by atoms with Gasteiger partial charge in [0.25, 0.3) is 0 Å². The van der Waals surface area contributed by atoms with Crippen molar-refractivity contribution in [1.82, 2.24) is 10.6 Å². The lowest BCUT2D eigenvalue weighted by Gasteiger charge is -2.30. The van der Waals surface area contributed by atoms with Crippen LogP contribution in [0.3, 0.4) is 0 Å². The summed E-state index contributed by atoms with van der Waals surface area (Å²) in [5.74, 6) is 2.44. The summed E-state index contributed by atoms with van der Waals surface area (Å²) >= 11 is 0. The first-order valence-electron chi connectivity index (χ1n) is 9.22. The highest BCUT2D eigenvalue weighted by Crippen LogP contribution is 2.23. The number of hydrogen-bond donors (Lipinski definition) is 2. The summed E-state index contributed by atoms with van der Waals surface area (Å²) in [6.45, 7) is 5.35. The Kier molecular flexibility index (Phi) is 8.25. The number of guanidine groups is 1. The summed E-state index contributed by atoms with van der Waals surface area (Å²) < 4.78 is 17.6. The molecule has 0 aliphatic heterocycles. The second-order valence-corrected chi connectivity index (χ2v) is 8.31. The predicted octanol–water partition coefficient (Wildman–Crippen LogP) is 2.83. The molecule has 6 heteroatoms. The summed E-state index contributed by atoms with van der Waals surface area (Å²) in [7, 11) is 1.08. The van der Waals surface area contributed by atoms with Crippen molar-refractivity contribution in [2.24, 2.45) is 4.99 Å². The van der Waals surface area contributed by atoms with Gasteiger partial charge in [-0.15, -0.1) is 0 Å². The molecule has 25 heavy (non-hydrogen) atoms. The van der Waals surface area contributed by atoms with Crippen molar-refractivity contribution in [1.29, 1.82) is 0 Å². The van der Waals surface area contributed by atoms with Crippen molar-refractivity contribution in [3.8, 4) is 5.75 Å². The number of benzene rings is 1. The molecule has 2 rings (SSSR count). The minimum Gasteiger partial charge on any atom is -0.494 e. The number of nitrogens with zero attached hydrogens (tertiary/aromatic N) is 1. The first kappa shape index (κ1) is 19.8. The third-order valence-corrected chi connectivity index (χ3v) is 6.26. The molecular weight excluding hydrogens is 334 g/mol. The number of aliphatic imine (C=N–C) groups is 1. The minimum absolute atomic E-state index is 0.317. The van der Waals surface area contributed by atoms with Crippen LogP contribution in [-0.4, -0.2) is 40.9 Å². The topological polar surface area (TPSA) is 62.7 Å². The van der Waals surface area contributed by atoms with Crippen LogP contribution in [-0.2, 0) is 17.3 Å². The Morgan fingerprint density at radius 2 is 2.20 bits per heavy atom. The fourth-order valence-electron chi connectivity index (χ4n) is 3.24. The van der Waals surface area contributed by atoms with E-state index in [-0.39, 0.29) is 0 Å². The predicted molar refractivity (Wildman–Crippen MR) is 106 cm³/mol. The van der Waals surface area contributed by atoms with E-state index in [2.05, 4.69) is 21.7 Å². The Labute approximate surface area is 154 Å². The van der Waals surface area contributed by atoms with E-state index in [0.29, 0.717) is 24.4 Å². The maximum Gasteiger partial charge on any atom is 0.191 e. The van der Waals surface area contributed by atoms with E-state index >= 15 is 0 Å². The van der Waals surface area contributed by atoms with E-state index in [9.17, 15) is 4.21 Å². The lowest BCUT2D eigenvalue weighted by atomic mass is 9.95. The van der Waals surface area contributed by atoms with E-state index in [1.165, 1.54) is 0 Å². The van der Waals surface area contributed by atoms with Crippen molar-refractivity contribution < 1.29 is 8.95 Å². The monoisotopic (exact) mass is 365 g/mol. The molecule has 0 heterocycles. The summed E-state index contributed by atoms with van der Waals surface area (Å²) in [5, 5.41) is 7.18. The molecule has 0 radical (unpaired) electrons. The Hall–Kier alpha value is -1.56. The van der Waals surface area contributed by atoms with Crippen LogP contribution in [0.5, 0.6) is 5.75 Å². The fourth-order valence-corrected chi connectivity index (χ4v) is 4.58. The van der Waals surface area contributed by atoms with Gasteiger partial charge in [-0.25, -0.2) is 0 Å². The van der Waals surface area contributed by atoms with Crippen LogP contribution in [0.2, 0.25) is 0 Å². The van der Waals surface area contributed by atoms with Gasteiger partial charge < -0.3 is 15.4 Å². The molecule has 1 aliphatic rings. The van der Waals surface area contributed by atoms with Gasteiger partial charge in [-0.3, -0.25) is 9.20 Å². The second kappa shape index (κ2) is 10.4. The van der Waals surface area contributed by atoms with Crippen LogP contribution in [0, 0.1) is 0 Å². The quantitative estimate of drug-likeness (QED) is 0.576. The molecule has 0 amide bonds. The largest absolute Gasteiger partial charge is 0.494 e. The molecule has 1 aromatic carbocycles. The lowest BCUT2D eigenvalue weighted by molar-refractivity contribution is 0.340. The number of ether oxygens (including phenoxy) is 1. The van der Waals surface area contributed by atoms with E-state index in [1.807, 2.05) is 32.0 Å². The van der Waals surface area contributed by atoms with Crippen molar-refractivity contribution in [3.05, 3.63) is 29.8 Å². The normalized spacial score (nSPS) is 22.3. The Bertz CT molecular complexity index is 592. The highest BCUT2D eigenvalue weighted by molar-refractivity contribution is 7.85. The standard InChI is InChI=1S/C19H31N3O2S/c1-4-24-17-10-6-8-15(12-17)14-21-19(20-3)22-16-9-7-11-18(13-16)25(23)5-2/h6,8,10,12,16,18H,4-5,7,9,11,13-14H2,1-3H3,(H2,20,21,22). The average molecular weight is 366 g/mol. The number of hydrogen-bond acceptors (Lipinski definition) is 3. The van der Waals surface area contributed by atoms with Crippen LogP contribution in [0.4, 0.5) is 0 Å². The molecule has 0 saturated heterocycles. The third kappa shape index (κ3) is 6.34. The van der Waals surface area contributed by atoms with E-state index < -0.39 is 10.8 Å². The van der Waals surface area contributed by atoms with E-state index in [0.717, 1.165) is 48.7 Å². The molecule has 1 aliphatic carbocycles. The zero-order valence-electron chi connectivity index (χ0n) is 15.6. The first-order chi connectivity index (χ1) is 12.2. The molecule has 1 fully saturated rings. The second-order valence-electron chi connectivity index (χ2n) is 6.31. The maximum atomic E-state index is 12.1. The number of rotatable bonds is 7. The highest BCUT2D eigenvalue weighted by Gasteiger charge is 2.25. The van der Waals surface area contributed by atoms with Gasteiger partial charge in [0.2, 0.25) is 0 Å². The molecule has 5 nitrogen and oxygen atoms in total. The zero-order valence-corrected chi connectivity index (χ0v) is 16.4. The SMILES string of the molecule is CCOc1cccc(CNC(=NC)NC2CCCC(S(=O)CC)C2)c1. The fraction of sp³-hybridized carbons (Fsp3) is 0.632. The summed E-state index contributed by atoms with van der Waals surface area (Å²) in [6.07, 6.45) is 4.27. The minimum atomic E-state index is -0.703. The van der Waals surface area contributed by atoms with Crippen LogP contribution in [0.25, 0.3) is 0 Å². The summed E-state index contributed by atoms with van der Waals surface area (Å²) in [5.41, 5.74) is 1.16. The van der Waals surface area contributed by atoms with Crippen molar-refractivity contribution in [2.45, 2.75) is 57.4 Å². The summed E-state index contributed by atoms with van der Waals surface area (Å²) in [4.78, 5) is 4.33. The molecule has 1 saturated carbocycles. The third-order valence-electron chi connectivity index (χ3n) is 4.52. The van der Waals surface area contributed by atoms with Crippen molar-refractivity contribution in [2.75, 3.05) is 19.4 Å². The highest BCUT2D eigenvalue weighted by atomic mass is 32.2. The smallest absolute Gasteiger partial charge is 0.191 e. The molecule has 3 atom stereocenters. The van der Waals surface area contributed by atoms with Crippen molar-refractivity contribution in [3.63, 3.8) is 0 Å². The van der Waals surface area contributed by atoms with Gasteiger partial charge in [0.1, 0.15) is 5.75 Å². The van der Waals surface area contributed by atoms with Gasteiger partial charge in [0.05, 0.1) is 6.61 Å². The molecular formula is C19H31N3O2S. The van der Waals surface area contributed by atoms with Gasteiger partial charge in [-0.2, -0.15) is 0 Å². The van der Waals surface area contributed by atoms with Crippen LogP contribution >= 0.6 is 0 Å². The van der Waals surface area contributed by atoms with Crippen LogP contribution < -0.4 is 15.4 Å². The lowest BCUT2D eigenvalue weighted by Crippen LogP contribution is -2.46. The maximum absolute atomic E-state index is 12.1. The molecule has 0 aromatic heterocycles. The molecule has 0 bridgehead atoms. The van der Waals surface area contributed by atoms with Crippen molar-refractivity contribution >= 4 is 16.8 Å². The molecule has 2 N–H and O–H groups in total. The Balaban J connectivity index is 1.86. The van der Waals surface area contributed by atoms with Gasteiger partial charge in [-0.05, 0) is 43.9 Å². The Morgan fingerprint density at radius 1 is 1.36 bits per heavy atom. The molecule has 140 valence electrons. The van der Waals surface area contributed by atoms with Gasteiger partial charge >= 0.3 is 0 Å². The Morgan fingerprint density at radius 3 is 2.92 bits per heavy atom. The van der Waals surface area contributed by atoms with Gasteiger partial charge in [-0.1, -0.05) is 25.5 Å². The van der Waals surface area contributed by atoms with Gasteiger partial charge in [0.15, 0.2) is 5.96 Å². The van der Waals surface area contributed by atoms with Gasteiger partial charge in [0, 0.05) is 41.4 Å². The van der Waals surface area contributed by atoms with E-state index in [1.54, 1.807) is 7.05 Å². The molecule has 1 aromatic rings. The first-order valence-corrected chi connectivity index (χ1v) is 10.6. The molecule has 0 spiro atoms.